The van der Waals surface area contributed by atoms with Gasteiger partial charge in [-0.05, 0) is 82.9 Å². The van der Waals surface area contributed by atoms with E-state index in [1.54, 1.807) is 0 Å². The Bertz CT molecular complexity index is 2630. The average Bonchev–Trinajstić information content (AvgIpc) is 3.25. The number of para-hydroxylation sites is 4. The van der Waals surface area contributed by atoms with Crippen LogP contribution in [0.25, 0.3) is 33.4 Å². The normalized spacial score (nSPS) is 18.2. The highest BCUT2D eigenvalue weighted by molar-refractivity contribution is 7.82. The molecule has 0 amide bonds. The topological polar surface area (TPSA) is 40.6 Å². The Morgan fingerprint density at radius 3 is 0.833 bits per heavy atom. The van der Waals surface area contributed by atoms with E-state index in [0.29, 0.717) is 10.6 Å². The molecule has 0 radical (unpaired) electrons. The molecule has 8 aromatic carbocycles. The molecule has 2 unspecified atom stereocenters. The van der Waals surface area contributed by atoms with Gasteiger partial charge in [-0.15, -0.1) is 0 Å². The fourth-order valence-electron chi connectivity index (χ4n) is 8.37. The van der Waals surface area contributed by atoms with Crippen LogP contribution in [-0.2, 0) is 9.13 Å². The fourth-order valence-corrected chi connectivity index (χ4v) is 14.9. The molecular formula is C48H34N2O2P2. The van der Waals surface area contributed by atoms with Gasteiger partial charge in [0, 0.05) is 43.7 Å². The quantitative estimate of drug-likeness (QED) is 0.165. The van der Waals surface area contributed by atoms with Crippen LogP contribution in [0.3, 0.4) is 0 Å². The third-order valence-corrected chi connectivity index (χ3v) is 16.8. The van der Waals surface area contributed by atoms with Crippen LogP contribution in [0.4, 0.5) is 22.7 Å². The number of hydrogen-bond donors (Lipinski definition) is 0. The molecule has 0 N–H and O–H groups in total. The predicted octanol–water partition coefficient (Wildman–Crippen LogP) is 11.4. The molecular weight excluding hydrogens is 698 g/mol. The lowest BCUT2D eigenvalue weighted by Gasteiger charge is -2.42. The van der Waals surface area contributed by atoms with Crippen molar-refractivity contribution < 1.29 is 9.13 Å². The Morgan fingerprint density at radius 1 is 0.259 bits per heavy atom. The highest BCUT2D eigenvalue weighted by Crippen LogP contribution is 2.64. The lowest BCUT2D eigenvalue weighted by atomic mass is 10.0. The van der Waals surface area contributed by atoms with Crippen LogP contribution in [0, 0.1) is 0 Å². The number of nitrogens with zero attached hydrogens (tertiary/aromatic N) is 2. The Balaban J connectivity index is 1.28. The summed E-state index contributed by atoms with van der Waals surface area (Å²) in [5, 5.41) is 2.91. The van der Waals surface area contributed by atoms with Gasteiger partial charge in [-0.25, -0.2) is 0 Å². The van der Waals surface area contributed by atoms with E-state index in [0.717, 1.165) is 66.7 Å². The molecule has 0 aliphatic carbocycles. The number of fused-ring (bicyclic) bond motifs is 6. The fraction of sp³-hybridized carbons (Fsp3) is 0. The second-order valence-corrected chi connectivity index (χ2v) is 18.6. The van der Waals surface area contributed by atoms with E-state index in [9.17, 15) is 0 Å². The summed E-state index contributed by atoms with van der Waals surface area (Å²) in [4.78, 5) is 0. The molecule has 0 bridgehead atoms. The van der Waals surface area contributed by atoms with Crippen molar-refractivity contribution in [1.82, 2.24) is 0 Å². The number of benzene rings is 8. The molecule has 8 aromatic rings. The Kier molecular flexibility index (Phi) is 7.66. The minimum Gasteiger partial charge on any atom is -0.289 e. The highest BCUT2D eigenvalue weighted by Gasteiger charge is 2.47. The van der Waals surface area contributed by atoms with Crippen LogP contribution >= 0.6 is 14.6 Å². The first-order valence-corrected chi connectivity index (χ1v) is 21.4. The molecule has 2 aliphatic heterocycles. The molecule has 4 nitrogen and oxygen atoms in total. The van der Waals surface area contributed by atoms with Crippen molar-refractivity contribution in [2.45, 2.75) is 0 Å². The molecule has 258 valence electrons. The van der Waals surface area contributed by atoms with Crippen molar-refractivity contribution in [3.8, 4) is 33.4 Å². The van der Waals surface area contributed by atoms with Gasteiger partial charge in [0.05, 0.1) is 11.4 Å². The maximum absolute atomic E-state index is 16.8. The van der Waals surface area contributed by atoms with Gasteiger partial charge < -0.3 is 0 Å². The van der Waals surface area contributed by atoms with E-state index < -0.39 is 14.6 Å². The number of rotatable bonds is 5. The van der Waals surface area contributed by atoms with Crippen LogP contribution in [0.5, 0.6) is 0 Å². The molecule has 54 heavy (non-hydrogen) atoms. The number of hydrogen-bond acceptors (Lipinski definition) is 2. The van der Waals surface area contributed by atoms with E-state index in [1.165, 1.54) is 0 Å². The molecule has 2 atom stereocenters. The minimum absolute atomic E-state index is 0.687. The van der Waals surface area contributed by atoms with E-state index >= 15 is 9.13 Å². The first kappa shape index (κ1) is 32.5. The zero-order valence-corrected chi connectivity index (χ0v) is 31.0. The molecule has 0 aromatic heterocycles. The first-order valence-electron chi connectivity index (χ1n) is 18.1. The summed E-state index contributed by atoms with van der Waals surface area (Å²) in [7, 11) is -7.34. The second kappa shape index (κ2) is 12.7. The van der Waals surface area contributed by atoms with Crippen LogP contribution in [-0.4, -0.2) is 0 Å². The van der Waals surface area contributed by atoms with Crippen molar-refractivity contribution >= 4 is 58.6 Å². The number of anilines is 4. The summed E-state index contributed by atoms with van der Waals surface area (Å²) >= 11 is 0. The first-order chi connectivity index (χ1) is 26.6. The maximum Gasteiger partial charge on any atom is 0.235 e. The van der Waals surface area contributed by atoms with Gasteiger partial charge in [0.15, 0.2) is 0 Å². The summed E-state index contributed by atoms with van der Waals surface area (Å²) in [5.41, 5.74) is 8.98. The summed E-state index contributed by atoms with van der Waals surface area (Å²) in [6.45, 7) is 0. The predicted molar refractivity (Wildman–Crippen MR) is 227 cm³/mol. The van der Waals surface area contributed by atoms with Crippen LogP contribution in [0.2, 0.25) is 0 Å². The van der Waals surface area contributed by atoms with Crippen LogP contribution in [0.1, 0.15) is 0 Å². The van der Waals surface area contributed by atoms with Gasteiger partial charge in [0.1, 0.15) is 0 Å². The third-order valence-electron chi connectivity index (χ3n) is 10.6. The van der Waals surface area contributed by atoms with Crippen molar-refractivity contribution in [3.63, 3.8) is 0 Å². The maximum atomic E-state index is 16.8. The monoisotopic (exact) mass is 732 g/mol. The van der Waals surface area contributed by atoms with E-state index in [2.05, 4.69) is 45.7 Å². The summed E-state index contributed by atoms with van der Waals surface area (Å²) in [6.07, 6.45) is 0. The summed E-state index contributed by atoms with van der Waals surface area (Å²) in [5.74, 6) is 0. The molecule has 0 saturated heterocycles. The molecule has 2 aliphatic rings. The van der Waals surface area contributed by atoms with Gasteiger partial charge in [-0.2, -0.15) is 0 Å². The molecule has 10 rings (SSSR count). The smallest absolute Gasteiger partial charge is 0.235 e. The van der Waals surface area contributed by atoms with Crippen LogP contribution < -0.4 is 30.6 Å². The molecule has 2 heterocycles. The van der Waals surface area contributed by atoms with Gasteiger partial charge in [0.2, 0.25) is 14.6 Å². The van der Waals surface area contributed by atoms with Gasteiger partial charge in [-0.1, -0.05) is 146 Å². The van der Waals surface area contributed by atoms with E-state index in [1.807, 2.05) is 170 Å². The second-order valence-electron chi connectivity index (χ2n) is 13.5. The lowest BCUT2D eigenvalue weighted by Crippen LogP contribution is -2.36. The molecule has 6 heteroatoms. The average molecular weight is 733 g/mol. The van der Waals surface area contributed by atoms with Crippen molar-refractivity contribution in [3.05, 3.63) is 206 Å². The SMILES string of the molecule is O=P1(c2ccccc2-c2ccccc2P2(=O)c3ccccc3-c3ccccc3N2c2ccccc2)c2ccccc2-c2ccccc2N1c1ccccc1. The van der Waals surface area contributed by atoms with Gasteiger partial charge in [-0.3, -0.25) is 18.5 Å². The highest BCUT2D eigenvalue weighted by atomic mass is 31.2. The Morgan fingerprint density at radius 2 is 0.500 bits per heavy atom. The third kappa shape index (κ3) is 4.71. The zero-order valence-electron chi connectivity index (χ0n) is 29.2. The molecule has 0 spiro atoms. The summed E-state index contributed by atoms with van der Waals surface area (Å²) < 4.78 is 37.7. The van der Waals surface area contributed by atoms with Gasteiger partial charge in [0.25, 0.3) is 0 Å². The Labute approximate surface area is 315 Å². The van der Waals surface area contributed by atoms with Crippen molar-refractivity contribution in [2.24, 2.45) is 0 Å². The van der Waals surface area contributed by atoms with E-state index in [4.69, 9.17) is 0 Å². The van der Waals surface area contributed by atoms with Crippen molar-refractivity contribution in [1.29, 1.82) is 0 Å². The Hall–Kier alpha value is -6.18. The van der Waals surface area contributed by atoms with E-state index in [-0.39, 0.29) is 0 Å². The largest absolute Gasteiger partial charge is 0.289 e. The molecule has 0 saturated carbocycles. The molecule has 0 fully saturated rings. The minimum atomic E-state index is -3.67. The van der Waals surface area contributed by atoms with Gasteiger partial charge >= 0.3 is 0 Å². The van der Waals surface area contributed by atoms with Crippen molar-refractivity contribution in [2.75, 3.05) is 9.34 Å². The summed E-state index contributed by atoms with van der Waals surface area (Å²) in [6, 6.07) is 68.7. The standard InChI is InChI=1S/C48H34N2O2P2/c51-53(45-31-15-9-25-39(45)37-23-7-13-29-43(37)49(53)35-19-3-1-4-20-35)47-33-17-11-27-41(47)42-28-12-18-34-48(42)54(52)46-32-16-10-26-40(46)38-24-8-14-30-44(38)50(54)36-21-5-2-6-22-36/h1-34H. The van der Waals surface area contributed by atoms with Crippen LogP contribution in [0.15, 0.2) is 206 Å². The lowest BCUT2D eigenvalue weighted by molar-refractivity contribution is 0.586. The zero-order chi connectivity index (χ0) is 36.3.